The summed E-state index contributed by atoms with van der Waals surface area (Å²) in [6.45, 7) is 1.44. The van der Waals surface area contributed by atoms with Gasteiger partial charge in [-0.15, -0.1) is 0 Å². The lowest BCUT2D eigenvalue weighted by molar-refractivity contribution is -0.129. The van der Waals surface area contributed by atoms with Gasteiger partial charge in [0, 0.05) is 25.5 Å². The zero-order chi connectivity index (χ0) is 27.0. The van der Waals surface area contributed by atoms with E-state index in [2.05, 4.69) is 4.98 Å². The van der Waals surface area contributed by atoms with Gasteiger partial charge >= 0.3 is 0 Å². The van der Waals surface area contributed by atoms with Crippen LogP contribution < -0.4 is 4.74 Å². The van der Waals surface area contributed by atoms with Gasteiger partial charge in [-0.2, -0.15) is 0 Å². The molecule has 1 amide bonds. The summed E-state index contributed by atoms with van der Waals surface area (Å²) in [5, 5.41) is 10.9. The number of imidazole rings is 1. The Morgan fingerprint density at radius 1 is 0.949 bits per heavy atom. The molecule has 1 unspecified atom stereocenters. The summed E-state index contributed by atoms with van der Waals surface area (Å²) in [7, 11) is 0. The van der Waals surface area contributed by atoms with E-state index < -0.39 is 23.5 Å². The Balaban J connectivity index is 1.38. The first-order valence-corrected chi connectivity index (χ1v) is 12.8. The molecule has 1 N–H and O–H groups in total. The molecule has 3 aromatic carbocycles. The zero-order valence-corrected chi connectivity index (χ0v) is 21.4. The van der Waals surface area contributed by atoms with Gasteiger partial charge in [-0.3, -0.25) is 9.59 Å². The number of aliphatic hydroxyl groups excluding tert-OH is 1. The van der Waals surface area contributed by atoms with Gasteiger partial charge in [0.2, 0.25) is 0 Å². The maximum absolute atomic E-state index is 13.4. The van der Waals surface area contributed by atoms with E-state index in [-0.39, 0.29) is 5.57 Å². The average Bonchev–Trinajstić information content (AvgIpc) is 3.59. The molecule has 7 nitrogen and oxygen atoms in total. The van der Waals surface area contributed by atoms with E-state index in [1.807, 2.05) is 95.7 Å². The molecule has 1 aliphatic rings. The Bertz CT molecular complexity index is 1460. The first-order chi connectivity index (χ1) is 19.1. The second kappa shape index (κ2) is 12.1. The second-order valence-corrected chi connectivity index (χ2v) is 9.27. The van der Waals surface area contributed by atoms with Crippen molar-refractivity contribution >= 4 is 17.8 Å². The van der Waals surface area contributed by atoms with Crippen LogP contribution in [-0.2, 0) is 22.7 Å². The molecule has 2 heterocycles. The maximum Gasteiger partial charge on any atom is 0.290 e. The number of allylic oxidation sites excluding steroid dienone is 1. The highest BCUT2D eigenvalue weighted by atomic mass is 16.5. The van der Waals surface area contributed by atoms with Crippen LogP contribution in [0.3, 0.4) is 0 Å². The minimum Gasteiger partial charge on any atom is -0.503 e. The van der Waals surface area contributed by atoms with E-state index in [9.17, 15) is 14.7 Å². The summed E-state index contributed by atoms with van der Waals surface area (Å²) in [6.07, 6.45) is 9.01. The number of amides is 1. The largest absolute Gasteiger partial charge is 0.503 e. The molecule has 0 spiro atoms. The topological polar surface area (TPSA) is 84.7 Å². The number of rotatable bonds is 11. The Labute approximate surface area is 227 Å². The first-order valence-electron chi connectivity index (χ1n) is 12.8. The van der Waals surface area contributed by atoms with Gasteiger partial charge in [0.05, 0.1) is 17.9 Å². The Kier molecular flexibility index (Phi) is 7.98. The highest BCUT2D eigenvalue weighted by Crippen LogP contribution is 2.38. The Morgan fingerprint density at radius 3 is 2.36 bits per heavy atom. The molecule has 4 aromatic rings. The van der Waals surface area contributed by atoms with E-state index >= 15 is 0 Å². The van der Waals surface area contributed by atoms with Crippen molar-refractivity contribution in [3.8, 4) is 5.75 Å². The van der Waals surface area contributed by atoms with Crippen LogP contribution in [0.2, 0.25) is 0 Å². The summed E-state index contributed by atoms with van der Waals surface area (Å²) >= 11 is 0. The summed E-state index contributed by atoms with van der Waals surface area (Å²) in [6, 6.07) is 25.9. The summed E-state index contributed by atoms with van der Waals surface area (Å²) in [5.74, 6) is -0.791. The molecule has 0 saturated carbocycles. The van der Waals surface area contributed by atoms with Crippen LogP contribution in [0, 0.1) is 0 Å². The fourth-order valence-corrected chi connectivity index (χ4v) is 4.64. The van der Waals surface area contributed by atoms with Crippen molar-refractivity contribution in [2.24, 2.45) is 0 Å². The number of carbonyl (C=O) groups excluding carboxylic acids is 2. The minimum atomic E-state index is -0.712. The fraction of sp³-hybridized carbons (Fsp3) is 0.156. The summed E-state index contributed by atoms with van der Waals surface area (Å²) < 4.78 is 7.85. The highest BCUT2D eigenvalue weighted by molar-refractivity contribution is 6.14. The third-order valence-electron chi connectivity index (χ3n) is 6.61. The molecule has 39 heavy (non-hydrogen) atoms. The highest BCUT2D eigenvalue weighted by Gasteiger charge is 2.42. The number of carbonyl (C=O) groups is 2. The van der Waals surface area contributed by atoms with Crippen LogP contribution >= 0.6 is 0 Å². The molecular weight excluding hydrogens is 490 g/mol. The van der Waals surface area contributed by atoms with Crippen LogP contribution in [0.15, 0.2) is 121 Å². The third kappa shape index (κ3) is 6.15. The van der Waals surface area contributed by atoms with E-state index in [1.165, 1.54) is 6.08 Å². The molecule has 0 aliphatic carbocycles. The molecule has 0 fully saturated rings. The van der Waals surface area contributed by atoms with Gasteiger partial charge in [0.15, 0.2) is 11.5 Å². The Morgan fingerprint density at radius 2 is 1.67 bits per heavy atom. The van der Waals surface area contributed by atoms with Gasteiger partial charge in [-0.1, -0.05) is 78.9 Å². The number of ketones is 1. The lowest BCUT2D eigenvalue weighted by Gasteiger charge is -2.27. The van der Waals surface area contributed by atoms with Crippen molar-refractivity contribution in [2.45, 2.75) is 25.6 Å². The molecule has 0 bridgehead atoms. The quantitative estimate of drug-likeness (QED) is 0.264. The molecule has 196 valence electrons. The van der Waals surface area contributed by atoms with Crippen molar-refractivity contribution in [3.05, 3.63) is 138 Å². The third-order valence-corrected chi connectivity index (χ3v) is 6.61. The van der Waals surface area contributed by atoms with E-state index in [4.69, 9.17) is 4.74 Å². The van der Waals surface area contributed by atoms with Crippen molar-refractivity contribution < 1.29 is 19.4 Å². The summed E-state index contributed by atoms with van der Waals surface area (Å²) in [5.41, 5.74) is 2.70. The molecule has 1 aliphatic heterocycles. The molecule has 0 saturated heterocycles. The van der Waals surface area contributed by atoms with Crippen LogP contribution in [0.25, 0.3) is 6.08 Å². The molecular formula is C32H29N3O4. The lowest BCUT2D eigenvalue weighted by Crippen LogP contribution is -2.32. The predicted octanol–water partition coefficient (Wildman–Crippen LogP) is 5.53. The number of aromatic nitrogens is 2. The van der Waals surface area contributed by atoms with E-state index in [0.717, 1.165) is 16.7 Å². The summed E-state index contributed by atoms with van der Waals surface area (Å²) in [4.78, 5) is 32.2. The smallest absolute Gasteiger partial charge is 0.290 e. The number of ether oxygens (including phenoxy) is 1. The lowest BCUT2D eigenvalue weighted by atomic mass is 9.95. The number of nitrogens with zero attached hydrogens (tertiary/aromatic N) is 3. The number of aliphatic hydroxyl groups is 1. The van der Waals surface area contributed by atoms with Gasteiger partial charge in [-0.05, 0) is 41.3 Å². The minimum absolute atomic E-state index is 0.0766. The monoisotopic (exact) mass is 519 g/mol. The zero-order valence-electron chi connectivity index (χ0n) is 21.4. The molecule has 1 atom stereocenters. The molecule has 5 rings (SSSR count). The molecule has 1 aromatic heterocycles. The fourth-order valence-electron chi connectivity index (χ4n) is 4.64. The van der Waals surface area contributed by atoms with Crippen molar-refractivity contribution in [1.82, 2.24) is 14.5 Å². The normalized spacial score (nSPS) is 15.3. The van der Waals surface area contributed by atoms with Crippen molar-refractivity contribution in [2.75, 3.05) is 6.54 Å². The van der Waals surface area contributed by atoms with Crippen LogP contribution in [0.1, 0.15) is 29.2 Å². The maximum atomic E-state index is 13.4. The molecule has 0 radical (unpaired) electrons. The van der Waals surface area contributed by atoms with Crippen molar-refractivity contribution in [3.63, 3.8) is 0 Å². The van der Waals surface area contributed by atoms with Crippen LogP contribution in [0.4, 0.5) is 0 Å². The number of aryl methyl sites for hydroxylation is 1. The molecule has 7 heteroatoms. The van der Waals surface area contributed by atoms with Crippen LogP contribution in [0.5, 0.6) is 5.75 Å². The average molecular weight is 520 g/mol. The second-order valence-electron chi connectivity index (χ2n) is 9.27. The van der Waals surface area contributed by atoms with E-state index in [0.29, 0.717) is 31.9 Å². The van der Waals surface area contributed by atoms with Crippen LogP contribution in [-0.4, -0.2) is 37.8 Å². The number of hydrogen-bond donors (Lipinski definition) is 1. The first kappa shape index (κ1) is 25.7. The van der Waals surface area contributed by atoms with Gasteiger partial charge < -0.3 is 19.3 Å². The van der Waals surface area contributed by atoms with E-state index in [1.54, 1.807) is 23.5 Å². The van der Waals surface area contributed by atoms with Gasteiger partial charge in [0.1, 0.15) is 12.4 Å². The van der Waals surface area contributed by atoms with Crippen molar-refractivity contribution in [1.29, 1.82) is 0 Å². The standard InChI is InChI=1S/C32H29N3O4/c36-28(17-12-24-8-3-1-4-9-24)29-30(35(32(38)31(29)37)20-7-19-34-21-18-33-23-34)26-13-15-27(16-14-26)39-22-25-10-5-2-6-11-25/h1-6,8-18,21,23,30,37H,7,19-20,22H2. The van der Waals surface area contributed by atoms with Gasteiger partial charge in [0.25, 0.3) is 5.91 Å². The predicted molar refractivity (Wildman–Crippen MR) is 149 cm³/mol. The number of hydrogen-bond acceptors (Lipinski definition) is 5. The van der Waals surface area contributed by atoms with Gasteiger partial charge in [-0.25, -0.2) is 4.98 Å². The number of benzene rings is 3. The Hall–Kier alpha value is -4.91. The SMILES string of the molecule is O=C(C=Cc1ccccc1)C1=C(O)C(=O)N(CCCn2ccnc2)C1c1ccc(OCc2ccccc2)cc1.